The third kappa shape index (κ3) is 3.50. The molecule has 0 spiro atoms. The van der Waals surface area contributed by atoms with E-state index < -0.39 is 0 Å². The number of aryl methyl sites for hydroxylation is 1. The Bertz CT molecular complexity index is 982. The largest absolute Gasteiger partial charge is 0.493 e. The molecular weight excluding hydrogens is 354 g/mol. The van der Waals surface area contributed by atoms with E-state index in [9.17, 15) is 4.79 Å². The first-order valence-electron chi connectivity index (χ1n) is 9.57. The van der Waals surface area contributed by atoms with E-state index in [-0.39, 0.29) is 11.9 Å². The maximum absolute atomic E-state index is 12.5. The van der Waals surface area contributed by atoms with E-state index >= 15 is 0 Å². The molecule has 0 saturated carbocycles. The predicted molar refractivity (Wildman–Crippen MR) is 105 cm³/mol. The molecule has 4 rings (SSSR count). The molecule has 0 radical (unpaired) electrons. The Labute approximate surface area is 164 Å². The van der Waals surface area contributed by atoms with E-state index in [0.29, 0.717) is 37.7 Å². The Kier molecular flexibility index (Phi) is 5.10. The molecule has 1 atom stereocenters. The van der Waals surface area contributed by atoms with Gasteiger partial charge in [0.05, 0.1) is 12.2 Å². The van der Waals surface area contributed by atoms with E-state index in [1.807, 2.05) is 48.2 Å². The molecule has 1 aliphatic rings. The lowest BCUT2D eigenvalue weighted by Crippen LogP contribution is -2.27. The van der Waals surface area contributed by atoms with Gasteiger partial charge in [-0.05, 0) is 43.5 Å². The standard InChI is InChI=1S/C22H23N3O3/c1-3-27-19-11-7-6-10-17(19)21-23-22(28-24-21)18-12-13-20(26)25(18)14-16-9-5-4-8-15(16)2/h4-11,18H,3,12-14H2,1-2H3. The molecule has 28 heavy (non-hydrogen) atoms. The van der Waals surface area contributed by atoms with Crippen LogP contribution in [0.3, 0.4) is 0 Å². The first-order valence-corrected chi connectivity index (χ1v) is 9.57. The molecule has 2 aromatic carbocycles. The fourth-order valence-corrected chi connectivity index (χ4v) is 3.57. The monoisotopic (exact) mass is 377 g/mol. The zero-order valence-corrected chi connectivity index (χ0v) is 16.1. The summed E-state index contributed by atoms with van der Waals surface area (Å²) in [5.74, 6) is 1.79. The lowest BCUT2D eigenvalue weighted by molar-refractivity contribution is -0.130. The fourth-order valence-electron chi connectivity index (χ4n) is 3.57. The summed E-state index contributed by atoms with van der Waals surface area (Å²) in [7, 11) is 0. The van der Waals surface area contributed by atoms with Crippen LogP contribution in [0.4, 0.5) is 0 Å². The van der Waals surface area contributed by atoms with Gasteiger partial charge in [0.25, 0.3) is 0 Å². The maximum atomic E-state index is 12.5. The van der Waals surface area contributed by atoms with Gasteiger partial charge in [0.2, 0.25) is 17.6 Å². The summed E-state index contributed by atoms with van der Waals surface area (Å²) in [5, 5.41) is 4.15. The van der Waals surface area contributed by atoms with Gasteiger partial charge in [-0.15, -0.1) is 0 Å². The van der Waals surface area contributed by atoms with E-state index in [2.05, 4.69) is 29.2 Å². The molecule has 3 aromatic rings. The molecular formula is C22H23N3O3. The number of ether oxygens (including phenoxy) is 1. The molecule has 0 aliphatic carbocycles. The van der Waals surface area contributed by atoms with Gasteiger partial charge in [0.15, 0.2) is 0 Å². The molecule has 1 saturated heterocycles. The van der Waals surface area contributed by atoms with E-state index in [1.54, 1.807) is 0 Å². The Morgan fingerprint density at radius 3 is 2.79 bits per heavy atom. The first-order chi connectivity index (χ1) is 13.7. The van der Waals surface area contributed by atoms with Crippen LogP contribution in [0.15, 0.2) is 53.1 Å². The van der Waals surface area contributed by atoms with Crippen molar-refractivity contribution in [3.05, 3.63) is 65.5 Å². The summed E-state index contributed by atoms with van der Waals surface area (Å²) >= 11 is 0. The van der Waals surface area contributed by atoms with Crippen molar-refractivity contribution in [2.45, 2.75) is 39.3 Å². The fraction of sp³-hybridized carbons (Fsp3) is 0.318. The average molecular weight is 377 g/mol. The highest BCUT2D eigenvalue weighted by atomic mass is 16.5. The van der Waals surface area contributed by atoms with E-state index in [1.165, 1.54) is 0 Å². The van der Waals surface area contributed by atoms with Gasteiger partial charge in [-0.3, -0.25) is 4.79 Å². The number of carbonyl (C=O) groups is 1. The second-order valence-electron chi connectivity index (χ2n) is 6.89. The SMILES string of the molecule is CCOc1ccccc1-c1noc(C2CCC(=O)N2Cc2ccccc2C)n1. The molecule has 1 aliphatic heterocycles. The van der Waals surface area contributed by atoms with Crippen molar-refractivity contribution < 1.29 is 14.1 Å². The van der Waals surface area contributed by atoms with Crippen molar-refractivity contribution >= 4 is 5.91 Å². The zero-order chi connectivity index (χ0) is 19.5. The van der Waals surface area contributed by atoms with Gasteiger partial charge in [-0.25, -0.2) is 0 Å². The number of nitrogens with zero attached hydrogens (tertiary/aromatic N) is 3. The van der Waals surface area contributed by atoms with Gasteiger partial charge in [0.1, 0.15) is 11.8 Å². The Morgan fingerprint density at radius 2 is 1.96 bits per heavy atom. The summed E-state index contributed by atoms with van der Waals surface area (Å²) < 4.78 is 11.2. The number of hydrogen-bond acceptors (Lipinski definition) is 5. The molecule has 0 bridgehead atoms. The van der Waals surface area contributed by atoms with Crippen molar-refractivity contribution in [2.75, 3.05) is 6.61 Å². The molecule has 1 amide bonds. The maximum Gasteiger partial charge on any atom is 0.249 e. The molecule has 2 heterocycles. The minimum atomic E-state index is -0.201. The minimum absolute atomic E-state index is 0.114. The highest BCUT2D eigenvalue weighted by Crippen LogP contribution is 2.35. The third-order valence-electron chi connectivity index (χ3n) is 5.08. The number of amides is 1. The van der Waals surface area contributed by atoms with Gasteiger partial charge in [0, 0.05) is 13.0 Å². The average Bonchev–Trinajstić information content (AvgIpc) is 3.32. The lowest BCUT2D eigenvalue weighted by atomic mass is 10.1. The third-order valence-corrected chi connectivity index (χ3v) is 5.08. The summed E-state index contributed by atoms with van der Waals surface area (Å²) in [4.78, 5) is 18.9. The highest BCUT2D eigenvalue weighted by molar-refractivity contribution is 5.79. The predicted octanol–water partition coefficient (Wildman–Crippen LogP) is 4.31. The number of carbonyl (C=O) groups excluding carboxylic acids is 1. The lowest BCUT2D eigenvalue weighted by Gasteiger charge is -2.23. The van der Waals surface area contributed by atoms with Crippen LogP contribution in [0, 0.1) is 6.92 Å². The number of benzene rings is 2. The minimum Gasteiger partial charge on any atom is -0.493 e. The number of hydrogen-bond donors (Lipinski definition) is 0. The van der Waals surface area contributed by atoms with Crippen LogP contribution in [-0.4, -0.2) is 27.6 Å². The second-order valence-corrected chi connectivity index (χ2v) is 6.89. The molecule has 6 heteroatoms. The van der Waals surface area contributed by atoms with Crippen LogP contribution in [0.5, 0.6) is 5.75 Å². The molecule has 0 N–H and O–H groups in total. The Hall–Kier alpha value is -3.15. The van der Waals surface area contributed by atoms with Crippen molar-refractivity contribution in [3.8, 4) is 17.1 Å². The van der Waals surface area contributed by atoms with Crippen molar-refractivity contribution in [3.63, 3.8) is 0 Å². The van der Waals surface area contributed by atoms with E-state index in [0.717, 1.165) is 22.4 Å². The molecule has 6 nitrogen and oxygen atoms in total. The van der Waals surface area contributed by atoms with Crippen LogP contribution in [-0.2, 0) is 11.3 Å². The quantitative estimate of drug-likeness (QED) is 0.640. The Morgan fingerprint density at radius 1 is 1.18 bits per heavy atom. The summed E-state index contributed by atoms with van der Waals surface area (Å²) in [6.07, 6.45) is 1.17. The zero-order valence-electron chi connectivity index (χ0n) is 16.1. The van der Waals surface area contributed by atoms with Gasteiger partial charge >= 0.3 is 0 Å². The summed E-state index contributed by atoms with van der Waals surface area (Å²) in [5.41, 5.74) is 3.08. The highest BCUT2D eigenvalue weighted by Gasteiger charge is 2.36. The number of para-hydroxylation sites is 1. The van der Waals surface area contributed by atoms with Crippen molar-refractivity contribution in [1.29, 1.82) is 0 Å². The molecule has 1 aromatic heterocycles. The smallest absolute Gasteiger partial charge is 0.249 e. The first kappa shape index (κ1) is 18.2. The molecule has 1 unspecified atom stereocenters. The number of likely N-dealkylation sites (tertiary alicyclic amines) is 1. The number of rotatable bonds is 6. The van der Waals surface area contributed by atoms with Gasteiger partial charge in [-0.2, -0.15) is 4.98 Å². The van der Waals surface area contributed by atoms with Gasteiger partial charge < -0.3 is 14.2 Å². The van der Waals surface area contributed by atoms with Crippen LogP contribution < -0.4 is 4.74 Å². The topological polar surface area (TPSA) is 68.5 Å². The number of aromatic nitrogens is 2. The van der Waals surface area contributed by atoms with Crippen LogP contribution in [0.2, 0.25) is 0 Å². The van der Waals surface area contributed by atoms with Crippen molar-refractivity contribution in [1.82, 2.24) is 15.0 Å². The molecule has 1 fully saturated rings. The van der Waals surface area contributed by atoms with Gasteiger partial charge in [-0.1, -0.05) is 41.6 Å². The van der Waals surface area contributed by atoms with Crippen LogP contribution >= 0.6 is 0 Å². The summed E-state index contributed by atoms with van der Waals surface area (Å²) in [6, 6.07) is 15.5. The normalized spacial score (nSPS) is 16.6. The molecule has 144 valence electrons. The summed E-state index contributed by atoms with van der Waals surface area (Å²) in [6.45, 7) is 5.10. The van der Waals surface area contributed by atoms with Crippen LogP contribution in [0.1, 0.15) is 42.8 Å². The second kappa shape index (κ2) is 7.84. The van der Waals surface area contributed by atoms with E-state index in [4.69, 9.17) is 9.26 Å². The van der Waals surface area contributed by atoms with Crippen molar-refractivity contribution in [2.24, 2.45) is 0 Å². The Balaban J connectivity index is 1.61. The van der Waals surface area contributed by atoms with Crippen LogP contribution in [0.25, 0.3) is 11.4 Å².